The Bertz CT molecular complexity index is 605. The highest BCUT2D eigenvalue weighted by molar-refractivity contribution is 6.23. The fraction of sp³-hybridized carbons (Fsp3) is 0.500. The minimum absolute atomic E-state index is 0.0518. The summed E-state index contributed by atoms with van der Waals surface area (Å²) in [5, 5.41) is 3.03. The third-order valence-corrected chi connectivity index (χ3v) is 4.57. The van der Waals surface area contributed by atoms with Crippen LogP contribution in [-0.2, 0) is 20.7 Å². The van der Waals surface area contributed by atoms with E-state index in [1.54, 1.807) is 6.20 Å². The van der Waals surface area contributed by atoms with Crippen molar-refractivity contribution in [2.24, 2.45) is 11.3 Å². The molecule has 4 nitrogen and oxygen atoms in total. The summed E-state index contributed by atoms with van der Waals surface area (Å²) >= 11 is 0. The average molecular weight is 329 g/mol. The van der Waals surface area contributed by atoms with Gasteiger partial charge in [0.05, 0.1) is 12.2 Å². The Morgan fingerprint density at radius 1 is 1.25 bits per heavy atom. The minimum Gasteiger partial charge on any atom is -0.388 e. The van der Waals surface area contributed by atoms with Crippen molar-refractivity contribution in [1.29, 1.82) is 0 Å². The SMILES string of the molecule is CCOCCN/C=C1\C(=O)CC(C)(C)C(Cc2ccccc2)C1=O. The van der Waals surface area contributed by atoms with Crippen LogP contribution < -0.4 is 5.32 Å². The van der Waals surface area contributed by atoms with Gasteiger partial charge in [-0.3, -0.25) is 9.59 Å². The topological polar surface area (TPSA) is 55.4 Å². The standard InChI is InChI=1S/C20H27NO3/c1-4-24-11-10-21-14-16-18(22)13-20(2,3)17(19(16)23)12-15-8-6-5-7-9-15/h5-9,14,17,21H,4,10-13H2,1-3H3/b16-14+. The molecule has 0 spiro atoms. The summed E-state index contributed by atoms with van der Waals surface area (Å²) in [5.41, 5.74) is 1.10. The normalized spacial score (nSPS) is 22.0. The number of ketones is 2. The van der Waals surface area contributed by atoms with Crippen molar-refractivity contribution in [3.05, 3.63) is 47.7 Å². The Balaban J connectivity index is 2.12. The smallest absolute Gasteiger partial charge is 0.171 e. The highest BCUT2D eigenvalue weighted by Crippen LogP contribution is 2.40. The summed E-state index contributed by atoms with van der Waals surface area (Å²) in [5.74, 6) is -0.306. The quantitative estimate of drug-likeness (QED) is 0.475. The first kappa shape index (κ1) is 18.4. The van der Waals surface area contributed by atoms with Crippen molar-refractivity contribution >= 4 is 11.6 Å². The Labute approximate surface area is 144 Å². The van der Waals surface area contributed by atoms with Crippen molar-refractivity contribution in [3.8, 4) is 0 Å². The van der Waals surface area contributed by atoms with Gasteiger partial charge in [0.15, 0.2) is 11.6 Å². The number of carbonyl (C=O) groups is 2. The lowest BCUT2D eigenvalue weighted by atomic mass is 9.64. The summed E-state index contributed by atoms with van der Waals surface area (Å²) in [7, 11) is 0. The lowest BCUT2D eigenvalue weighted by molar-refractivity contribution is -0.132. The first-order valence-electron chi connectivity index (χ1n) is 8.58. The van der Waals surface area contributed by atoms with Gasteiger partial charge in [-0.05, 0) is 24.3 Å². The van der Waals surface area contributed by atoms with Crippen LogP contribution in [-0.4, -0.2) is 31.3 Å². The van der Waals surface area contributed by atoms with Gasteiger partial charge in [0.25, 0.3) is 0 Å². The maximum atomic E-state index is 12.9. The molecule has 1 saturated carbocycles. The van der Waals surface area contributed by atoms with E-state index in [-0.39, 0.29) is 22.9 Å². The maximum absolute atomic E-state index is 12.9. The molecule has 1 aromatic carbocycles. The predicted molar refractivity (Wildman–Crippen MR) is 94.6 cm³/mol. The van der Waals surface area contributed by atoms with E-state index in [0.29, 0.717) is 38.2 Å². The van der Waals surface area contributed by atoms with E-state index in [0.717, 1.165) is 5.56 Å². The van der Waals surface area contributed by atoms with Gasteiger partial charge in [-0.1, -0.05) is 44.2 Å². The van der Waals surface area contributed by atoms with Crippen LogP contribution in [0.2, 0.25) is 0 Å². The van der Waals surface area contributed by atoms with E-state index in [9.17, 15) is 9.59 Å². The summed E-state index contributed by atoms with van der Waals surface area (Å²) in [4.78, 5) is 25.3. The molecule has 1 aromatic rings. The lowest BCUT2D eigenvalue weighted by Gasteiger charge is -2.37. The number of carbonyl (C=O) groups excluding carboxylic acids is 2. The van der Waals surface area contributed by atoms with E-state index in [2.05, 4.69) is 5.32 Å². The molecule has 0 amide bonds. The van der Waals surface area contributed by atoms with E-state index in [1.807, 2.05) is 51.1 Å². The highest BCUT2D eigenvalue weighted by atomic mass is 16.5. The largest absolute Gasteiger partial charge is 0.388 e. The molecule has 1 atom stereocenters. The van der Waals surface area contributed by atoms with Crippen molar-refractivity contribution < 1.29 is 14.3 Å². The molecule has 1 N–H and O–H groups in total. The third kappa shape index (κ3) is 4.54. The molecular formula is C20H27NO3. The molecule has 1 fully saturated rings. The second-order valence-corrected chi connectivity index (χ2v) is 6.90. The Kier molecular flexibility index (Phi) is 6.32. The first-order valence-corrected chi connectivity index (χ1v) is 8.58. The number of ether oxygens (including phenoxy) is 1. The molecule has 0 heterocycles. The van der Waals surface area contributed by atoms with Crippen LogP contribution in [0.5, 0.6) is 0 Å². The summed E-state index contributed by atoms with van der Waals surface area (Å²) in [6.45, 7) is 7.75. The zero-order chi connectivity index (χ0) is 17.6. The molecule has 0 radical (unpaired) electrons. The average Bonchev–Trinajstić information content (AvgIpc) is 2.54. The van der Waals surface area contributed by atoms with Crippen LogP contribution >= 0.6 is 0 Å². The Hall–Kier alpha value is -1.94. The molecule has 24 heavy (non-hydrogen) atoms. The Morgan fingerprint density at radius 3 is 2.62 bits per heavy atom. The number of hydrogen-bond donors (Lipinski definition) is 1. The fourth-order valence-corrected chi connectivity index (χ4v) is 3.13. The Morgan fingerprint density at radius 2 is 1.96 bits per heavy atom. The van der Waals surface area contributed by atoms with Crippen molar-refractivity contribution in [3.63, 3.8) is 0 Å². The van der Waals surface area contributed by atoms with Crippen LogP contribution in [0.25, 0.3) is 0 Å². The van der Waals surface area contributed by atoms with Crippen LogP contribution in [0.3, 0.4) is 0 Å². The number of hydrogen-bond acceptors (Lipinski definition) is 4. The molecule has 0 aliphatic heterocycles. The number of rotatable bonds is 7. The lowest BCUT2D eigenvalue weighted by Crippen LogP contribution is -2.43. The van der Waals surface area contributed by atoms with Crippen LogP contribution in [0.4, 0.5) is 0 Å². The molecular weight excluding hydrogens is 302 g/mol. The fourth-order valence-electron chi connectivity index (χ4n) is 3.13. The maximum Gasteiger partial charge on any atom is 0.171 e. The van der Waals surface area contributed by atoms with Crippen LogP contribution in [0.15, 0.2) is 42.1 Å². The molecule has 1 aliphatic carbocycles. The van der Waals surface area contributed by atoms with E-state index in [1.165, 1.54) is 0 Å². The van der Waals surface area contributed by atoms with Crippen LogP contribution in [0.1, 0.15) is 32.8 Å². The summed E-state index contributed by atoms with van der Waals surface area (Å²) in [6.07, 6.45) is 2.64. The minimum atomic E-state index is -0.327. The van der Waals surface area contributed by atoms with Crippen molar-refractivity contribution in [2.75, 3.05) is 19.8 Å². The molecule has 1 aliphatic rings. The van der Waals surface area contributed by atoms with E-state index >= 15 is 0 Å². The number of Topliss-reactive ketones (excluding diaryl/α,β-unsaturated/α-hetero) is 2. The predicted octanol–water partition coefficient (Wildman–Crippen LogP) is 2.92. The molecule has 0 bridgehead atoms. The second-order valence-electron chi connectivity index (χ2n) is 6.90. The number of nitrogens with one attached hydrogen (secondary N) is 1. The first-order chi connectivity index (χ1) is 11.5. The van der Waals surface area contributed by atoms with Gasteiger partial charge in [0, 0.05) is 31.7 Å². The third-order valence-electron chi connectivity index (χ3n) is 4.57. The molecule has 0 aromatic heterocycles. The summed E-state index contributed by atoms with van der Waals surface area (Å²) in [6, 6.07) is 9.99. The van der Waals surface area contributed by atoms with E-state index < -0.39 is 0 Å². The number of allylic oxidation sites excluding steroid dienone is 1. The van der Waals surface area contributed by atoms with Crippen molar-refractivity contribution in [1.82, 2.24) is 5.32 Å². The van der Waals surface area contributed by atoms with Gasteiger partial charge >= 0.3 is 0 Å². The zero-order valence-corrected chi connectivity index (χ0v) is 14.8. The van der Waals surface area contributed by atoms with Gasteiger partial charge in [-0.2, -0.15) is 0 Å². The molecule has 0 saturated heterocycles. The number of benzene rings is 1. The van der Waals surface area contributed by atoms with E-state index in [4.69, 9.17) is 4.74 Å². The van der Waals surface area contributed by atoms with Gasteiger partial charge in [-0.25, -0.2) is 0 Å². The molecule has 130 valence electrons. The van der Waals surface area contributed by atoms with Crippen LogP contribution in [0, 0.1) is 11.3 Å². The highest BCUT2D eigenvalue weighted by Gasteiger charge is 2.44. The molecule has 1 unspecified atom stereocenters. The molecule has 4 heteroatoms. The molecule has 2 rings (SSSR count). The van der Waals surface area contributed by atoms with Gasteiger partial charge in [0.1, 0.15) is 0 Å². The van der Waals surface area contributed by atoms with Crippen molar-refractivity contribution in [2.45, 2.75) is 33.6 Å². The summed E-state index contributed by atoms with van der Waals surface area (Å²) < 4.78 is 5.25. The van der Waals surface area contributed by atoms with Gasteiger partial charge in [0.2, 0.25) is 0 Å². The second kappa shape index (κ2) is 8.25. The monoisotopic (exact) mass is 329 g/mol. The zero-order valence-electron chi connectivity index (χ0n) is 14.8. The van der Waals surface area contributed by atoms with Gasteiger partial charge < -0.3 is 10.1 Å². The van der Waals surface area contributed by atoms with Gasteiger partial charge in [-0.15, -0.1) is 0 Å².